The van der Waals surface area contributed by atoms with Crippen molar-refractivity contribution in [3.05, 3.63) is 54.1 Å². The summed E-state index contributed by atoms with van der Waals surface area (Å²) in [6, 6.07) is 8.57. The second-order valence-corrected chi connectivity index (χ2v) is 5.11. The van der Waals surface area contributed by atoms with Gasteiger partial charge in [-0.15, -0.1) is 11.8 Å². The lowest BCUT2D eigenvalue weighted by molar-refractivity contribution is 0.578. The molecule has 0 bridgehead atoms. The second kappa shape index (κ2) is 7.26. The largest absolute Gasteiger partial charge is 0.305 e. The Morgan fingerprint density at radius 1 is 1.26 bits per heavy atom. The van der Waals surface area contributed by atoms with E-state index < -0.39 is 0 Å². The minimum absolute atomic E-state index is 0.109. The number of hydrogen-bond donors (Lipinski definition) is 1. The first-order chi connectivity index (χ1) is 9.36. The van der Waals surface area contributed by atoms with Crippen molar-refractivity contribution in [1.29, 1.82) is 0 Å². The van der Waals surface area contributed by atoms with E-state index in [1.165, 1.54) is 10.5 Å². The second-order valence-electron chi connectivity index (χ2n) is 4.26. The number of hydrogen-bond acceptors (Lipinski definition) is 4. The molecule has 1 heterocycles. The average Bonchev–Trinajstić information content (AvgIpc) is 2.49. The van der Waals surface area contributed by atoms with Crippen LogP contribution in [0.25, 0.3) is 0 Å². The van der Waals surface area contributed by atoms with Crippen LogP contribution in [0.5, 0.6) is 0 Å². The van der Waals surface area contributed by atoms with Gasteiger partial charge in [-0.05, 0) is 30.9 Å². The van der Waals surface area contributed by atoms with E-state index >= 15 is 0 Å². The third-order valence-electron chi connectivity index (χ3n) is 2.93. The molecule has 1 aromatic carbocycles. The summed E-state index contributed by atoms with van der Waals surface area (Å²) in [6.45, 7) is 3.13. The molecule has 2 rings (SSSR count). The predicted octanol–water partition coefficient (Wildman–Crippen LogP) is 3.29. The summed E-state index contributed by atoms with van der Waals surface area (Å²) in [6.07, 6.45) is 8.49. The molecule has 0 amide bonds. The lowest BCUT2D eigenvalue weighted by Gasteiger charge is -2.20. The Hall–Kier alpha value is -1.39. The van der Waals surface area contributed by atoms with E-state index in [0.717, 1.165) is 18.7 Å². The SMILES string of the molecule is CCCNC(c1cnccn1)c1ccccc1SC. The molecule has 1 atom stereocenters. The Kier molecular flexibility index (Phi) is 5.36. The van der Waals surface area contributed by atoms with Gasteiger partial charge in [-0.25, -0.2) is 0 Å². The molecular formula is C15H19N3S. The number of benzene rings is 1. The first-order valence-electron chi connectivity index (χ1n) is 6.49. The van der Waals surface area contributed by atoms with Crippen LogP contribution in [0.15, 0.2) is 47.8 Å². The zero-order valence-corrected chi connectivity index (χ0v) is 12.2. The van der Waals surface area contributed by atoms with Crippen molar-refractivity contribution in [2.45, 2.75) is 24.3 Å². The smallest absolute Gasteiger partial charge is 0.0801 e. The predicted molar refractivity (Wildman–Crippen MR) is 80.4 cm³/mol. The zero-order valence-electron chi connectivity index (χ0n) is 11.3. The van der Waals surface area contributed by atoms with Crippen molar-refractivity contribution in [2.24, 2.45) is 0 Å². The van der Waals surface area contributed by atoms with Gasteiger partial charge in [0.05, 0.1) is 17.9 Å². The quantitative estimate of drug-likeness (QED) is 0.820. The van der Waals surface area contributed by atoms with Crippen molar-refractivity contribution in [1.82, 2.24) is 15.3 Å². The highest BCUT2D eigenvalue weighted by Gasteiger charge is 2.17. The van der Waals surface area contributed by atoms with Crippen LogP contribution in [-0.2, 0) is 0 Å². The molecule has 2 aromatic rings. The maximum absolute atomic E-state index is 4.45. The third kappa shape index (κ3) is 3.55. The maximum atomic E-state index is 4.45. The van der Waals surface area contributed by atoms with Crippen molar-refractivity contribution in [2.75, 3.05) is 12.8 Å². The lowest BCUT2D eigenvalue weighted by atomic mass is 10.0. The molecule has 1 aromatic heterocycles. The fourth-order valence-corrected chi connectivity index (χ4v) is 2.66. The van der Waals surface area contributed by atoms with Crippen molar-refractivity contribution in [3.8, 4) is 0 Å². The molecule has 1 unspecified atom stereocenters. The van der Waals surface area contributed by atoms with Gasteiger partial charge < -0.3 is 5.32 Å². The summed E-state index contributed by atoms with van der Waals surface area (Å²) in [5, 5.41) is 3.56. The normalized spacial score (nSPS) is 12.3. The van der Waals surface area contributed by atoms with Gasteiger partial charge in [-0.2, -0.15) is 0 Å². The average molecular weight is 273 g/mol. The van der Waals surface area contributed by atoms with Gasteiger partial charge >= 0.3 is 0 Å². The minimum atomic E-state index is 0.109. The number of thioether (sulfide) groups is 1. The Labute approximate surface area is 118 Å². The monoisotopic (exact) mass is 273 g/mol. The molecule has 4 heteroatoms. The summed E-state index contributed by atoms with van der Waals surface area (Å²) in [5.74, 6) is 0. The van der Waals surface area contributed by atoms with Gasteiger partial charge in [-0.3, -0.25) is 9.97 Å². The van der Waals surface area contributed by atoms with Gasteiger partial charge in [0.25, 0.3) is 0 Å². The molecule has 3 nitrogen and oxygen atoms in total. The van der Waals surface area contributed by atoms with Crippen molar-refractivity contribution < 1.29 is 0 Å². The molecule has 19 heavy (non-hydrogen) atoms. The van der Waals surface area contributed by atoms with E-state index in [2.05, 4.69) is 52.7 Å². The van der Waals surface area contributed by atoms with Crippen LogP contribution in [0.2, 0.25) is 0 Å². The van der Waals surface area contributed by atoms with Gasteiger partial charge in [0.1, 0.15) is 0 Å². The highest BCUT2D eigenvalue weighted by molar-refractivity contribution is 7.98. The molecule has 0 aliphatic rings. The fourth-order valence-electron chi connectivity index (χ4n) is 2.03. The summed E-state index contributed by atoms with van der Waals surface area (Å²) in [7, 11) is 0. The topological polar surface area (TPSA) is 37.8 Å². The molecule has 0 saturated heterocycles. The van der Waals surface area contributed by atoms with Crippen LogP contribution < -0.4 is 5.32 Å². The van der Waals surface area contributed by atoms with E-state index in [-0.39, 0.29) is 6.04 Å². The summed E-state index contributed by atoms with van der Waals surface area (Å²) < 4.78 is 0. The van der Waals surface area contributed by atoms with E-state index in [1.54, 1.807) is 24.2 Å². The first-order valence-corrected chi connectivity index (χ1v) is 7.71. The van der Waals surface area contributed by atoms with Crippen LogP contribution in [0.3, 0.4) is 0 Å². The van der Waals surface area contributed by atoms with Crippen molar-refractivity contribution >= 4 is 11.8 Å². The molecule has 100 valence electrons. The van der Waals surface area contributed by atoms with Gasteiger partial charge in [0.15, 0.2) is 0 Å². The number of aromatic nitrogens is 2. The summed E-state index contributed by atoms with van der Waals surface area (Å²) in [4.78, 5) is 9.91. The number of nitrogens with one attached hydrogen (secondary N) is 1. The Morgan fingerprint density at radius 3 is 2.79 bits per heavy atom. The summed E-state index contributed by atoms with van der Waals surface area (Å²) >= 11 is 1.76. The van der Waals surface area contributed by atoms with E-state index in [9.17, 15) is 0 Å². The molecule has 0 saturated carbocycles. The van der Waals surface area contributed by atoms with Crippen LogP contribution in [0.4, 0.5) is 0 Å². The molecular weight excluding hydrogens is 254 g/mol. The molecule has 0 aliphatic carbocycles. The summed E-state index contributed by atoms with van der Waals surface area (Å²) in [5.41, 5.74) is 2.24. The Bertz CT molecular complexity index is 502. The van der Waals surface area contributed by atoms with Gasteiger partial charge in [0, 0.05) is 17.3 Å². The van der Waals surface area contributed by atoms with E-state index in [4.69, 9.17) is 0 Å². The van der Waals surface area contributed by atoms with Crippen LogP contribution in [-0.4, -0.2) is 22.8 Å². The lowest BCUT2D eigenvalue weighted by Crippen LogP contribution is -2.24. The van der Waals surface area contributed by atoms with Gasteiger partial charge in [-0.1, -0.05) is 25.1 Å². The van der Waals surface area contributed by atoms with Crippen LogP contribution >= 0.6 is 11.8 Å². The highest BCUT2D eigenvalue weighted by Crippen LogP contribution is 2.28. The van der Waals surface area contributed by atoms with Crippen LogP contribution in [0, 0.1) is 0 Å². The molecule has 1 N–H and O–H groups in total. The van der Waals surface area contributed by atoms with Gasteiger partial charge in [0.2, 0.25) is 0 Å². The van der Waals surface area contributed by atoms with Crippen LogP contribution in [0.1, 0.15) is 30.6 Å². The van der Waals surface area contributed by atoms with E-state index in [1.807, 2.05) is 6.20 Å². The maximum Gasteiger partial charge on any atom is 0.0801 e. The van der Waals surface area contributed by atoms with E-state index in [0.29, 0.717) is 0 Å². The minimum Gasteiger partial charge on any atom is -0.305 e. The molecule has 0 spiro atoms. The molecule has 0 radical (unpaired) electrons. The number of nitrogens with zero attached hydrogens (tertiary/aromatic N) is 2. The fraction of sp³-hybridized carbons (Fsp3) is 0.333. The Balaban J connectivity index is 2.37. The Morgan fingerprint density at radius 2 is 2.11 bits per heavy atom. The molecule has 0 aliphatic heterocycles. The first kappa shape index (κ1) is 14.0. The van der Waals surface area contributed by atoms with Crippen molar-refractivity contribution in [3.63, 3.8) is 0 Å². The highest BCUT2D eigenvalue weighted by atomic mass is 32.2. The standard InChI is InChI=1S/C15H19N3S/c1-3-8-18-15(13-11-16-9-10-17-13)12-6-4-5-7-14(12)19-2/h4-7,9-11,15,18H,3,8H2,1-2H3. The third-order valence-corrected chi connectivity index (χ3v) is 3.74. The molecule has 0 fully saturated rings. The number of rotatable bonds is 6. The zero-order chi connectivity index (χ0) is 13.5.